The highest BCUT2D eigenvalue weighted by Crippen LogP contribution is 2.11. The van der Waals surface area contributed by atoms with Crippen LogP contribution in [0.25, 0.3) is 0 Å². The van der Waals surface area contributed by atoms with Crippen LogP contribution in [-0.4, -0.2) is 91.3 Å². The van der Waals surface area contributed by atoms with Crippen LogP contribution in [0.2, 0.25) is 0 Å². The molecule has 9 aromatic heterocycles. The lowest BCUT2D eigenvalue weighted by atomic mass is 10.1. The van der Waals surface area contributed by atoms with E-state index in [1.54, 1.807) is 31.0 Å². The Labute approximate surface area is 471 Å². The van der Waals surface area contributed by atoms with E-state index in [0.29, 0.717) is 0 Å². The summed E-state index contributed by atoms with van der Waals surface area (Å²) in [5, 5.41) is 53.6. The Kier molecular flexibility index (Phi) is 31.3. The van der Waals surface area contributed by atoms with Gasteiger partial charge < -0.3 is 0 Å². The zero-order valence-electron chi connectivity index (χ0n) is 51.9. The van der Waals surface area contributed by atoms with Crippen molar-refractivity contribution < 1.29 is 0 Å². The van der Waals surface area contributed by atoms with Gasteiger partial charge in [0.15, 0.2) is 0 Å². The fourth-order valence-corrected chi connectivity index (χ4v) is 5.74. The van der Waals surface area contributed by atoms with Gasteiger partial charge in [0.25, 0.3) is 0 Å². The molecular formula is C61H86N18. The summed E-state index contributed by atoms with van der Waals surface area (Å²) < 4.78 is 0. The first kappa shape index (κ1) is 68.7. The van der Waals surface area contributed by atoms with Crippen molar-refractivity contribution in [1.82, 2.24) is 91.3 Å². The molecule has 0 saturated carbocycles. The fraction of sp³-hybridized carbons (Fsp3) is 0.410. The van der Waals surface area contributed by atoms with Crippen LogP contribution in [0, 0.1) is 173 Å². The molecule has 420 valence electrons. The van der Waals surface area contributed by atoms with Crippen LogP contribution in [0.4, 0.5) is 0 Å². The minimum Gasteiger partial charge on any atom is -0.241 e. The van der Waals surface area contributed by atoms with Crippen LogP contribution in [0.15, 0.2) is 67.5 Å². The van der Waals surface area contributed by atoms with E-state index < -0.39 is 0 Å². The summed E-state index contributed by atoms with van der Waals surface area (Å²) in [4.78, 5) is 16.6. The minimum absolute atomic E-state index is 0.845. The molecule has 0 unspecified atom stereocenters. The van der Waals surface area contributed by atoms with E-state index in [9.17, 15) is 0 Å². The van der Waals surface area contributed by atoms with E-state index in [0.717, 1.165) is 91.1 Å². The zero-order chi connectivity index (χ0) is 59.9. The van der Waals surface area contributed by atoms with Gasteiger partial charge in [-0.15, -0.1) is 0 Å². The van der Waals surface area contributed by atoms with Crippen molar-refractivity contribution in [2.24, 2.45) is 0 Å². The third kappa shape index (κ3) is 28.1. The molecule has 0 aliphatic rings. The molecule has 0 amide bonds. The van der Waals surface area contributed by atoms with Gasteiger partial charge in [0.1, 0.15) is 11.6 Å². The van der Waals surface area contributed by atoms with E-state index >= 15 is 0 Å². The molecule has 9 aromatic rings. The molecule has 9 heterocycles. The Balaban J connectivity index is 0.000000445. The molecule has 0 fully saturated rings. The lowest BCUT2D eigenvalue weighted by Gasteiger charge is -2.03. The SMILES string of the molecule is Cc1cc(C)c(C)nn1.Cc1ccc(C)nn1.Cc1ccnnc1C.Cc1cnnc(C)c1.Cc1cnnc(C)c1C.Cc1cnncc1C.Cc1nc(C)c(C)c(C)n1.Cc1ncc(C)c(C)n1.Cc1nnc(C)c(C)c1C. The third-order valence-electron chi connectivity index (χ3n) is 12.2. The van der Waals surface area contributed by atoms with E-state index in [4.69, 9.17) is 0 Å². The molecule has 0 spiro atoms. The number of nitrogens with zero attached hydrogens (tertiary/aromatic N) is 18. The van der Waals surface area contributed by atoms with E-state index in [1.807, 2.05) is 189 Å². The molecule has 0 aliphatic heterocycles. The third-order valence-corrected chi connectivity index (χ3v) is 12.2. The summed E-state index contributed by atoms with van der Waals surface area (Å²) in [6.07, 6.45) is 10.6. The molecule has 18 nitrogen and oxygen atoms in total. The van der Waals surface area contributed by atoms with Crippen LogP contribution >= 0.6 is 0 Å². The van der Waals surface area contributed by atoms with Gasteiger partial charge in [-0.1, -0.05) is 0 Å². The molecule has 18 heteroatoms. The van der Waals surface area contributed by atoms with E-state index in [2.05, 4.69) is 112 Å². The molecule has 0 atom stereocenters. The van der Waals surface area contributed by atoms with Gasteiger partial charge in [0, 0.05) is 29.5 Å². The van der Waals surface area contributed by atoms with Crippen molar-refractivity contribution in [1.29, 1.82) is 0 Å². The van der Waals surface area contributed by atoms with Crippen LogP contribution in [0.5, 0.6) is 0 Å². The predicted molar refractivity (Wildman–Crippen MR) is 317 cm³/mol. The first-order valence-corrected chi connectivity index (χ1v) is 25.9. The molecule has 0 N–H and O–H groups in total. The molecule has 0 radical (unpaired) electrons. The molecule has 0 saturated heterocycles. The Hall–Kier alpha value is -8.28. The molecule has 0 bridgehead atoms. The normalized spacial score (nSPS) is 9.58. The lowest BCUT2D eigenvalue weighted by Crippen LogP contribution is -1.97. The van der Waals surface area contributed by atoms with Crippen molar-refractivity contribution in [3.05, 3.63) is 209 Å². The van der Waals surface area contributed by atoms with Gasteiger partial charge in [0.2, 0.25) is 0 Å². The van der Waals surface area contributed by atoms with Crippen molar-refractivity contribution in [3.8, 4) is 0 Å². The first-order valence-electron chi connectivity index (χ1n) is 25.9. The largest absolute Gasteiger partial charge is 0.241 e. The monoisotopic (exact) mass is 1070 g/mol. The number of hydrogen-bond acceptors (Lipinski definition) is 18. The van der Waals surface area contributed by atoms with Crippen molar-refractivity contribution in [3.63, 3.8) is 0 Å². The maximum atomic E-state index is 4.22. The maximum Gasteiger partial charge on any atom is 0.125 e. The van der Waals surface area contributed by atoms with Gasteiger partial charge in [-0.3, -0.25) is 0 Å². The van der Waals surface area contributed by atoms with Gasteiger partial charge in [-0.2, -0.15) is 71.4 Å². The summed E-state index contributed by atoms with van der Waals surface area (Å²) in [6, 6.07) is 9.86. The summed E-state index contributed by atoms with van der Waals surface area (Å²) in [6.45, 7) is 49.8. The van der Waals surface area contributed by atoms with Crippen LogP contribution < -0.4 is 0 Å². The second-order valence-electron chi connectivity index (χ2n) is 19.2. The molecule has 0 aromatic carbocycles. The molecule has 0 aliphatic carbocycles. The number of aromatic nitrogens is 18. The van der Waals surface area contributed by atoms with Gasteiger partial charge in [-0.25, -0.2) is 19.9 Å². The standard InChI is InChI=1S/2C8H12N2.3C7H10N2.4C6H8N2/c1-5-6(2)9-8(4)10-7(5)3;1-5-6(2)8(4)10-9-7(5)3;1-5-4-8-7(3)9-6(5)2;1-5-4-8-9-7(3)6(5)2;1-5-4-6(2)8-9-7(5)3;1-5-3-7-8-4-6(5)2;1-5-3-6(2)8-7-4-5;1-5-3-4-7-8-6(5)2;1-5-3-4-6(2)8-7-5/h2*1-4H3;3*4H,1-3H3;4*3-4H,1-2H3. The van der Waals surface area contributed by atoms with Crippen LogP contribution in [0.3, 0.4) is 0 Å². The molecule has 9 rings (SSSR count). The van der Waals surface area contributed by atoms with Gasteiger partial charge in [0.05, 0.1) is 76.0 Å². The van der Waals surface area contributed by atoms with Gasteiger partial charge in [-0.05, 0) is 265 Å². The second-order valence-corrected chi connectivity index (χ2v) is 19.2. The number of aryl methyl sites for hydroxylation is 21. The summed E-state index contributed by atoms with van der Waals surface area (Å²) in [5.41, 5.74) is 25.5. The minimum atomic E-state index is 0.845. The van der Waals surface area contributed by atoms with Crippen molar-refractivity contribution in [2.75, 3.05) is 0 Å². The topological polar surface area (TPSA) is 232 Å². The Bertz CT molecular complexity index is 3010. The number of hydrogen-bond donors (Lipinski definition) is 0. The highest BCUT2D eigenvalue weighted by molar-refractivity contribution is 5.29. The Morgan fingerprint density at radius 2 is 0.671 bits per heavy atom. The smallest absolute Gasteiger partial charge is 0.125 e. The molecular weight excluding hydrogens is 985 g/mol. The van der Waals surface area contributed by atoms with E-state index in [1.165, 1.54) is 50.1 Å². The predicted octanol–water partition coefficient (Wildman–Crippen LogP) is 12.0. The first-order chi connectivity index (χ1) is 37.0. The van der Waals surface area contributed by atoms with E-state index in [-0.39, 0.29) is 0 Å². The van der Waals surface area contributed by atoms with Crippen LogP contribution in [0.1, 0.15) is 141 Å². The van der Waals surface area contributed by atoms with Crippen LogP contribution in [-0.2, 0) is 0 Å². The zero-order valence-corrected chi connectivity index (χ0v) is 51.9. The molecule has 79 heavy (non-hydrogen) atoms. The highest BCUT2D eigenvalue weighted by Gasteiger charge is 2.02. The Morgan fingerprint density at radius 3 is 1.04 bits per heavy atom. The van der Waals surface area contributed by atoms with Gasteiger partial charge >= 0.3 is 0 Å². The van der Waals surface area contributed by atoms with Crippen molar-refractivity contribution in [2.45, 2.75) is 173 Å². The fourth-order valence-electron chi connectivity index (χ4n) is 5.74. The highest BCUT2D eigenvalue weighted by atomic mass is 15.1. The summed E-state index contributed by atoms with van der Waals surface area (Å²) in [5.74, 6) is 1.71. The second kappa shape index (κ2) is 35.9. The quantitative estimate of drug-likeness (QED) is 0.137. The number of rotatable bonds is 0. The average Bonchev–Trinajstić information content (AvgIpc) is 3.40. The summed E-state index contributed by atoms with van der Waals surface area (Å²) >= 11 is 0. The average molecular weight is 1070 g/mol. The lowest BCUT2D eigenvalue weighted by molar-refractivity contribution is 0.905. The maximum absolute atomic E-state index is 4.22. The van der Waals surface area contributed by atoms with Crippen molar-refractivity contribution >= 4 is 0 Å². The Morgan fingerprint density at radius 1 is 0.241 bits per heavy atom. The summed E-state index contributed by atoms with van der Waals surface area (Å²) in [7, 11) is 0.